The van der Waals surface area contributed by atoms with Gasteiger partial charge in [0.25, 0.3) is 5.91 Å². The number of hydrogen-bond donors (Lipinski definition) is 1. The first-order chi connectivity index (χ1) is 14.4. The molecule has 1 saturated heterocycles. The molecule has 10 nitrogen and oxygen atoms in total. The number of nitrogens with one attached hydrogen (secondary N) is 1. The molecule has 1 aromatic carbocycles. The number of hydrogen-bond acceptors (Lipinski definition) is 6. The molecule has 1 fully saturated rings. The average Bonchev–Trinajstić information content (AvgIpc) is 3.26. The average molecular weight is 413 g/mol. The van der Waals surface area contributed by atoms with Crippen LogP contribution in [-0.2, 0) is 11.3 Å². The van der Waals surface area contributed by atoms with Gasteiger partial charge in [0.1, 0.15) is 23.4 Å². The molecule has 1 unspecified atom stereocenters. The number of rotatable bonds is 6. The number of carbonyl (C=O) groups excluding carboxylic acids is 2. The molecule has 10 heteroatoms. The van der Waals surface area contributed by atoms with Gasteiger partial charge in [-0.3, -0.25) is 14.6 Å². The number of methoxy groups -OCH3 is 2. The van der Waals surface area contributed by atoms with Gasteiger partial charge in [0.15, 0.2) is 0 Å². The maximum Gasteiger partial charge on any atom is 0.401 e. The van der Waals surface area contributed by atoms with Crippen molar-refractivity contribution in [3.05, 3.63) is 30.1 Å². The minimum Gasteiger partial charge on any atom is -0.497 e. The first-order valence-corrected chi connectivity index (χ1v) is 9.58. The van der Waals surface area contributed by atoms with Gasteiger partial charge in [-0.15, -0.1) is 0 Å². The topological polar surface area (TPSA) is 92.3 Å². The fraction of sp³-hybridized carbons (Fsp3) is 0.400. The van der Waals surface area contributed by atoms with Crippen LogP contribution in [0.3, 0.4) is 0 Å². The Morgan fingerprint density at radius 3 is 2.63 bits per heavy atom. The SMILES string of the molecule is COc1ccc(OC)c(NCCn2c(C)c[n+]3c2N=C2C3C(=O)N(C)C(=O)N2C)c1. The predicted octanol–water partition coefficient (Wildman–Crippen LogP) is 1.32. The summed E-state index contributed by atoms with van der Waals surface area (Å²) in [7, 11) is 6.37. The summed E-state index contributed by atoms with van der Waals surface area (Å²) < 4.78 is 14.6. The lowest BCUT2D eigenvalue weighted by Crippen LogP contribution is -2.61. The molecule has 0 spiro atoms. The Bertz CT molecular complexity index is 1060. The van der Waals surface area contributed by atoms with E-state index < -0.39 is 6.04 Å². The van der Waals surface area contributed by atoms with E-state index in [-0.39, 0.29) is 11.9 Å². The second-order valence-electron chi connectivity index (χ2n) is 7.23. The van der Waals surface area contributed by atoms with Crippen molar-refractivity contribution in [3.63, 3.8) is 0 Å². The number of likely N-dealkylation sites (N-methyl/N-ethyl adjacent to an activating group) is 2. The van der Waals surface area contributed by atoms with E-state index >= 15 is 0 Å². The van der Waals surface area contributed by atoms with E-state index in [0.717, 1.165) is 27.8 Å². The first-order valence-electron chi connectivity index (χ1n) is 9.58. The van der Waals surface area contributed by atoms with E-state index in [0.29, 0.717) is 24.9 Å². The number of carbonyl (C=O) groups is 2. The van der Waals surface area contributed by atoms with Gasteiger partial charge in [-0.25, -0.2) is 13.9 Å². The molecule has 30 heavy (non-hydrogen) atoms. The van der Waals surface area contributed by atoms with E-state index in [1.54, 1.807) is 21.3 Å². The Labute approximate surface area is 174 Å². The second-order valence-corrected chi connectivity index (χ2v) is 7.23. The van der Waals surface area contributed by atoms with Crippen LogP contribution in [0.2, 0.25) is 0 Å². The maximum atomic E-state index is 12.7. The lowest BCUT2D eigenvalue weighted by Gasteiger charge is -2.30. The summed E-state index contributed by atoms with van der Waals surface area (Å²) in [5.74, 6) is 2.28. The zero-order chi connectivity index (χ0) is 21.6. The molecule has 0 saturated carbocycles. The molecule has 2 aromatic rings. The van der Waals surface area contributed by atoms with Crippen molar-refractivity contribution in [2.45, 2.75) is 19.5 Å². The summed E-state index contributed by atoms with van der Waals surface area (Å²) in [5, 5.41) is 3.37. The number of anilines is 1. The highest BCUT2D eigenvalue weighted by molar-refractivity contribution is 6.18. The third-order valence-corrected chi connectivity index (χ3v) is 5.50. The van der Waals surface area contributed by atoms with E-state index in [1.165, 1.54) is 11.9 Å². The molecule has 0 radical (unpaired) electrons. The Morgan fingerprint density at radius 2 is 1.93 bits per heavy atom. The number of nitrogens with zero attached hydrogens (tertiary/aromatic N) is 5. The summed E-state index contributed by atoms with van der Waals surface area (Å²) >= 11 is 0. The highest BCUT2D eigenvalue weighted by atomic mass is 16.5. The van der Waals surface area contributed by atoms with Gasteiger partial charge in [-0.05, 0) is 19.1 Å². The molecule has 3 heterocycles. The number of imide groups is 1. The van der Waals surface area contributed by atoms with Crippen LogP contribution in [0.4, 0.5) is 16.4 Å². The quantitative estimate of drug-likeness (QED) is 0.721. The van der Waals surface area contributed by atoms with Crippen molar-refractivity contribution < 1.29 is 23.6 Å². The van der Waals surface area contributed by atoms with Crippen molar-refractivity contribution in [1.82, 2.24) is 14.4 Å². The second kappa shape index (κ2) is 7.36. The lowest BCUT2D eigenvalue weighted by atomic mass is 10.2. The van der Waals surface area contributed by atoms with Crippen LogP contribution in [0.15, 0.2) is 29.4 Å². The standard InChI is InChI=1S/C20H25N6O4/c1-12-11-26-16-17(23(2)20(28)24(3)18(16)27)22-19(26)25(12)9-8-21-14-10-13(29-4)6-7-15(14)30-5/h6-7,10-11,16,21H,8-9H2,1-5H3/q+1. The van der Waals surface area contributed by atoms with Crippen molar-refractivity contribution in [1.29, 1.82) is 0 Å². The fourth-order valence-electron chi connectivity index (χ4n) is 3.84. The fourth-order valence-corrected chi connectivity index (χ4v) is 3.84. The van der Waals surface area contributed by atoms with Crippen LogP contribution >= 0.6 is 0 Å². The number of aliphatic imine (C=N–C) groups is 1. The van der Waals surface area contributed by atoms with Crippen LogP contribution < -0.4 is 19.4 Å². The van der Waals surface area contributed by atoms with E-state index in [2.05, 4.69) is 10.3 Å². The van der Waals surface area contributed by atoms with Crippen molar-refractivity contribution in [2.24, 2.45) is 4.99 Å². The Hall–Kier alpha value is -3.56. The van der Waals surface area contributed by atoms with Gasteiger partial charge in [0.2, 0.25) is 11.9 Å². The van der Waals surface area contributed by atoms with Crippen molar-refractivity contribution in [2.75, 3.05) is 40.2 Å². The van der Waals surface area contributed by atoms with Crippen LogP contribution in [-0.4, -0.2) is 67.0 Å². The molecule has 158 valence electrons. The summed E-state index contributed by atoms with van der Waals surface area (Å²) in [6.45, 7) is 3.18. The third kappa shape index (κ3) is 2.95. The molecule has 2 aliphatic heterocycles. The molecule has 0 aliphatic carbocycles. The number of urea groups is 1. The number of fused-ring (bicyclic) bond motifs is 3. The predicted molar refractivity (Wildman–Crippen MR) is 109 cm³/mol. The highest BCUT2D eigenvalue weighted by Gasteiger charge is 2.52. The summed E-state index contributed by atoms with van der Waals surface area (Å²) in [6.07, 6.45) is 1.90. The zero-order valence-electron chi connectivity index (χ0n) is 17.7. The smallest absolute Gasteiger partial charge is 0.401 e. The number of imidazole rings is 1. The first kappa shape index (κ1) is 19.7. The molecule has 2 aliphatic rings. The van der Waals surface area contributed by atoms with Crippen molar-refractivity contribution in [3.8, 4) is 11.5 Å². The Kier molecular flexibility index (Phi) is 4.84. The number of ether oxygens (including phenoxy) is 2. The molecular formula is C20H25N6O4+. The van der Waals surface area contributed by atoms with Gasteiger partial charge in [0.05, 0.1) is 26.5 Å². The minimum absolute atomic E-state index is 0.281. The Morgan fingerprint density at radius 1 is 1.17 bits per heavy atom. The lowest BCUT2D eigenvalue weighted by molar-refractivity contribution is -0.677. The number of aromatic nitrogens is 2. The molecule has 3 amide bonds. The van der Waals surface area contributed by atoms with Crippen LogP contribution in [0.25, 0.3) is 0 Å². The van der Waals surface area contributed by atoms with Gasteiger partial charge in [0, 0.05) is 26.7 Å². The van der Waals surface area contributed by atoms with Gasteiger partial charge < -0.3 is 14.8 Å². The van der Waals surface area contributed by atoms with Crippen LogP contribution in [0.5, 0.6) is 11.5 Å². The van der Waals surface area contributed by atoms with Crippen LogP contribution in [0.1, 0.15) is 11.7 Å². The molecule has 1 aromatic heterocycles. The van der Waals surface area contributed by atoms with Gasteiger partial charge in [-0.2, -0.15) is 0 Å². The van der Waals surface area contributed by atoms with Gasteiger partial charge in [-0.1, -0.05) is 4.99 Å². The van der Waals surface area contributed by atoms with Crippen molar-refractivity contribution >= 4 is 29.4 Å². The number of amides is 3. The molecular weight excluding hydrogens is 388 g/mol. The maximum absolute atomic E-state index is 12.7. The largest absolute Gasteiger partial charge is 0.497 e. The summed E-state index contributed by atoms with van der Waals surface area (Å²) in [6, 6.07) is 4.58. The Balaban J connectivity index is 1.57. The number of aryl methyl sites for hydroxylation is 1. The molecule has 4 rings (SSSR count). The minimum atomic E-state index is -0.612. The number of benzene rings is 1. The summed E-state index contributed by atoms with van der Waals surface area (Å²) in [4.78, 5) is 32.1. The monoisotopic (exact) mass is 413 g/mol. The third-order valence-electron chi connectivity index (χ3n) is 5.50. The highest BCUT2D eigenvalue weighted by Crippen LogP contribution is 2.30. The summed E-state index contributed by atoms with van der Waals surface area (Å²) in [5.41, 5.74) is 1.80. The van der Waals surface area contributed by atoms with E-state index in [9.17, 15) is 9.59 Å². The zero-order valence-corrected chi connectivity index (χ0v) is 17.7. The molecule has 1 N–H and O–H groups in total. The van der Waals surface area contributed by atoms with E-state index in [1.807, 2.05) is 40.5 Å². The van der Waals surface area contributed by atoms with Crippen LogP contribution in [0, 0.1) is 6.92 Å². The number of amidine groups is 1. The normalized spacial score (nSPS) is 17.6. The molecule has 0 bridgehead atoms. The van der Waals surface area contributed by atoms with E-state index in [4.69, 9.17) is 9.47 Å². The molecule has 1 atom stereocenters. The van der Waals surface area contributed by atoms with Gasteiger partial charge >= 0.3 is 12.0 Å².